The number of amides is 1. The summed E-state index contributed by atoms with van der Waals surface area (Å²) in [6.45, 7) is 12.0. The number of hydrogen-bond donors (Lipinski definition) is 1. The second-order valence-corrected chi connectivity index (χ2v) is 11.1. The lowest BCUT2D eigenvalue weighted by Crippen LogP contribution is -2.48. The highest BCUT2D eigenvalue weighted by atomic mass is 35.5. The molecule has 0 saturated carbocycles. The number of piperazine rings is 1. The Bertz CT molecular complexity index is 1540. The molecule has 0 unspecified atom stereocenters. The van der Waals surface area contributed by atoms with Crippen LogP contribution in [0.4, 0.5) is 5.69 Å². The van der Waals surface area contributed by atoms with Crippen LogP contribution < -0.4 is 15.8 Å². The standard InChI is InChI=1S/C29H36ClN7O2/c1-20(2)19-36-28(39)23-6-4-5-7-24(23)37-26(32-33-29(36)37)10-11-27(38)31-12-13-34-14-16-35(17-15-34)25-18-22(30)9-8-21(25)3/h4-9,18,20H,10-17,19H2,1-3H3,(H,31,38). The summed E-state index contributed by atoms with van der Waals surface area (Å²) in [5, 5.41) is 13.2. The molecule has 5 rings (SSSR count). The highest BCUT2D eigenvalue weighted by Crippen LogP contribution is 2.25. The molecule has 1 amide bonds. The van der Waals surface area contributed by atoms with Crippen molar-refractivity contribution in [3.8, 4) is 0 Å². The summed E-state index contributed by atoms with van der Waals surface area (Å²) < 4.78 is 3.62. The molecule has 0 aliphatic carbocycles. The Labute approximate surface area is 233 Å². The van der Waals surface area contributed by atoms with Crippen LogP contribution >= 0.6 is 11.6 Å². The Morgan fingerprint density at radius 1 is 1.08 bits per heavy atom. The molecule has 4 aromatic rings. The van der Waals surface area contributed by atoms with E-state index in [-0.39, 0.29) is 17.4 Å². The second-order valence-electron chi connectivity index (χ2n) is 10.7. The Kier molecular flexibility index (Phi) is 8.18. The van der Waals surface area contributed by atoms with Crippen LogP contribution in [-0.2, 0) is 17.8 Å². The van der Waals surface area contributed by atoms with Crippen LogP contribution in [0.15, 0.2) is 47.3 Å². The maximum Gasteiger partial charge on any atom is 0.262 e. The molecule has 1 fully saturated rings. The van der Waals surface area contributed by atoms with E-state index in [4.69, 9.17) is 11.6 Å². The van der Waals surface area contributed by atoms with Crippen LogP contribution in [0.25, 0.3) is 16.7 Å². The molecule has 2 aromatic carbocycles. The summed E-state index contributed by atoms with van der Waals surface area (Å²) >= 11 is 6.21. The number of carbonyl (C=O) groups excluding carboxylic acids is 1. The average molecular weight is 550 g/mol. The Balaban J connectivity index is 1.16. The first kappa shape index (κ1) is 27.1. The molecule has 2 aromatic heterocycles. The third-order valence-corrected chi connectivity index (χ3v) is 7.57. The van der Waals surface area contributed by atoms with Gasteiger partial charge in [-0.1, -0.05) is 43.6 Å². The number of rotatable bonds is 9. The molecule has 39 heavy (non-hydrogen) atoms. The predicted octanol–water partition coefficient (Wildman–Crippen LogP) is 3.53. The van der Waals surface area contributed by atoms with E-state index in [0.717, 1.165) is 43.3 Å². The van der Waals surface area contributed by atoms with Crippen LogP contribution in [0.5, 0.6) is 0 Å². The smallest absolute Gasteiger partial charge is 0.262 e. The highest BCUT2D eigenvalue weighted by Gasteiger charge is 2.20. The first-order valence-corrected chi connectivity index (χ1v) is 14.1. The monoisotopic (exact) mass is 549 g/mol. The van der Waals surface area contributed by atoms with Crippen molar-refractivity contribution < 1.29 is 4.79 Å². The third kappa shape index (κ3) is 5.94. The van der Waals surface area contributed by atoms with Crippen LogP contribution in [0.1, 0.15) is 31.7 Å². The lowest BCUT2D eigenvalue weighted by molar-refractivity contribution is -0.121. The molecule has 3 heterocycles. The molecule has 0 bridgehead atoms. The number of hydrogen-bond acceptors (Lipinski definition) is 6. The van der Waals surface area contributed by atoms with E-state index in [1.54, 1.807) is 4.57 Å². The second kappa shape index (κ2) is 11.8. The van der Waals surface area contributed by atoms with Gasteiger partial charge in [0.1, 0.15) is 5.82 Å². The number of aromatic nitrogens is 4. The number of nitrogens with one attached hydrogen (secondary N) is 1. The minimum Gasteiger partial charge on any atom is -0.369 e. The van der Waals surface area contributed by atoms with Crippen molar-refractivity contribution in [2.45, 2.75) is 40.2 Å². The summed E-state index contributed by atoms with van der Waals surface area (Å²) in [4.78, 5) is 30.6. The maximum absolute atomic E-state index is 13.1. The van der Waals surface area contributed by atoms with Crippen molar-refractivity contribution in [1.82, 2.24) is 29.4 Å². The zero-order chi connectivity index (χ0) is 27.5. The fourth-order valence-corrected chi connectivity index (χ4v) is 5.48. The maximum atomic E-state index is 13.1. The lowest BCUT2D eigenvalue weighted by Gasteiger charge is -2.36. The van der Waals surface area contributed by atoms with Gasteiger partial charge in [-0.2, -0.15) is 0 Å². The molecule has 1 N–H and O–H groups in total. The first-order chi connectivity index (χ1) is 18.8. The summed E-state index contributed by atoms with van der Waals surface area (Å²) in [5.74, 6) is 1.47. The zero-order valence-corrected chi connectivity index (χ0v) is 23.6. The van der Waals surface area contributed by atoms with E-state index in [0.29, 0.717) is 42.9 Å². The van der Waals surface area contributed by atoms with Crippen LogP contribution in [-0.4, -0.2) is 69.2 Å². The molecule has 1 saturated heterocycles. The number of benzene rings is 2. The molecular formula is C29H36ClN7O2. The number of nitrogens with zero attached hydrogens (tertiary/aromatic N) is 6. The van der Waals surface area contributed by atoms with Gasteiger partial charge in [-0.25, -0.2) is 0 Å². The van der Waals surface area contributed by atoms with E-state index in [1.165, 1.54) is 11.3 Å². The topological polar surface area (TPSA) is 87.8 Å². The Morgan fingerprint density at radius 3 is 2.62 bits per heavy atom. The quantitative estimate of drug-likeness (QED) is 0.344. The molecule has 0 radical (unpaired) electrons. The number of para-hydroxylation sites is 1. The molecule has 206 valence electrons. The average Bonchev–Trinajstić information content (AvgIpc) is 3.35. The lowest BCUT2D eigenvalue weighted by atomic mass is 10.1. The summed E-state index contributed by atoms with van der Waals surface area (Å²) in [7, 11) is 0. The summed E-state index contributed by atoms with van der Waals surface area (Å²) in [6, 6.07) is 13.5. The fourth-order valence-electron chi connectivity index (χ4n) is 5.31. The first-order valence-electron chi connectivity index (χ1n) is 13.7. The minimum atomic E-state index is -0.0629. The summed E-state index contributed by atoms with van der Waals surface area (Å²) in [6.07, 6.45) is 0.745. The molecule has 0 atom stereocenters. The van der Waals surface area contributed by atoms with Gasteiger partial charge in [0.05, 0.1) is 10.9 Å². The molecule has 9 nitrogen and oxygen atoms in total. The van der Waals surface area contributed by atoms with Gasteiger partial charge in [-0.05, 0) is 42.7 Å². The van der Waals surface area contributed by atoms with Gasteiger partial charge < -0.3 is 10.2 Å². The Hall–Kier alpha value is -3.43. The molecule has 10 heteroatoms. The number of halogens is 1. The van der Waals surface area contributed by atoms with Gasteiger partial charge in [-0.3, -0.25) is 23.5 Å². The van der Waals surface area contributed by atoms with Crippen molar-refractivity contribution in [3.63, 3.8) is 0 Å². The van der Waals surface area contributed by atoms with Crippen molar-refractivity contribution in [2.75, 3.05) is 44.2 Å². The fraction of sp³-hybridized carbons (Fsp3) is 0.448. The molecule has 1 aliphatic heterocycles. The van der Waals surface area contributed by atoms with Gasteiger partial charge in [0.25, 0.3) is 5.56 Å². The van der Waals surface area contributed by atoms with E-state index < -0.39 is 0 Å². The number of carbonyl (C=O) groups is 1. The Morgan fingerprint density at radius 2 is 1.85 bits per heavy atom. The SMILES string of the molecule is Cc1ccc(Cl)cc1N1CCN(CCNC(=O)CCc2nnc3n(CC(C)C)c(=O)c4ccccc4n23)CC1. The van der Waals surface area contributed by atoms with Crippen LogP contribution in [0.3, 0.4) is 0 Å². The van der Waals surface area contributed by atoms with Crippen LogP contribution in [0, 0.1) is 12.8 Å². The van der Waals surface area contributed by atoms with Crippen molar-refractivity contribution in [3.05, 3.63) is 69.2 Å². The largest absolute Gasteiger partial charge is 0.369 e. The number of aryl methyl sites for hydroxylation is 2. The highest BCUT2D eigenvalue weighted by molar-refractivity contribution is 6.30. The molecule has 1 aliphatic rings. The predicted molar refractivity (Wildman–Crippen MR) is 156 cm³/mol. The molecular weight excluding hydrogens is 514 g/mol. The third-order valence-electron chi connectivity index (χ3n) is 7.33. The van der Waals surface area contributed by atoms with Crippen molar-refractivity contribution >= 4 is 39.9 Å². The molecule has 0 spiro atoms. The van der Waals surface area contributed by atoms with Gasteiger partial charge >= 0.3 is 0 Å². The van der Waals surface area contributed by atoms with Crippen molar-refractivity contribution in [2.24, 2.45) is 5.92 Å². The van der Waals surface area contributed by atoms with Crippen LogP contribution in [0.2, 0.25) is 5.02 Å². The van der Waals surface area contributed by atoms with Crippen molar-refractivity contribution in [1.29, 1.82) is 0 Å². The summed E-state index contributed by atoms with van der Waals surface area (Å²) in [5.41, 5.74) is 3.14. The normalized spacial score (nSPS) is 14.5. The zero-order valence-electron chi connectivity index (χ0n) is 22.9. The number of anilines is 1. The number of fused-ring (bicyclic) bond motifs is 3. The van der Waals surface area contributed by atoms with Gasteiger partial charge in [0, 0.05) is 69.4 Å². The van der Waals surface area contributed by atoms with E-state index in [9.17, 15) is 9.59 Å². The van der Waals surface area contributed by atoms with E-state index in [1.807, 2.05) is 40.8 Å². The van der Waals surface area contributed by atoms with Gasteiger partial charge in [0.15, 0.2) is 0 Å². The van der Waals surface area contributed by atoms with Gasteiger partial charge in [-0.15, -0.1) is 10.2 Å². The van der Waals surface area contributed by atoms with E-state index in [2.05, 4.69) is 52.2 Å². The van der Waals surface area contributed by atoms with Gasteiger partial charge in [0.2, 0.25) is 11.7 Å². The minimum absolute atomic E-state index is 0.0141. The van der Waals surface area contributed by atoms with E-state index >= 15 is 0 Å².